The van der Waals surface area contributed by atoms with Gasteiger partial charge in [-0.25, -0.2) is 0 Å². The first-order valence-corrected chi connectivity index (χ1v) is 9.01. The van der Waals surface area contributed by atoms with Crippen LogP contribution in [0.25, 0.3) is 0 Å². The fourth-order valence-corrected chi connectivity index (χ4v) is 5.55. The van der Waals surface area contributed by atoms with Gasteiger partial charge in [-0.05, 0) is 50.2 Å². The second kappa shape index (κ2) is 6.04. The lowest BCUT2D eigenvalue weighted by Gasteiger charge is -2.51. The number of piperidine rings is 1. The number of fused-ring (bicyclic) bond motifs is 1. The summed E-state index contributed by atoms with van der Waals surface area (Å²) in [5.41, 5.74) is 0. The van der Waals surface area contributed by atoms with Crippen LogP contribution in [0.2, 0.25) is 0 Å². The SMILES string of the molecule is O=C(O)C1CCC2CCCCC2N1C1CCCSC1. The van der Waals surface area contributed by atoms with E-state index in [1.807, 2.05) is 11.8 Å². The molecule has 2 heterocycles. The van der Waals surface area contributed by atoms with Gasteiger partial charge in [-0.2, -0.15) is 11.8 Å². The molecule has 3 rings (SSSR count). The predicted octanol–water partition coefficient (Wildman–Crippen LogP) is 2.99. The normalized spacial score (nSPS) is 40.6. The molecule has 4 heteroatoms. The monoisotopic (exact) mass is 283 g/mol. The van der Waals surface area contributed by atoms with Crippen molar-refractivity contribution in [2.45, 2.75) is 69.5 Å². The van der Waals surface area contributed by atoms with Crippen molar-refractivity contribution in [1.29, 1.82) is 0 Å². The summed E-state index contributed by atoms with van der Waals surface area (Å²) in [6, 6.07) is 0.876. The number of carboxylic acid groups (broad SMARTS) is 1. The molecule has 0 bridgehead atoms. The molecule has 1 saturated carbocycles. The Labute approximate surface area is 120 Å². The minimum absolute atomic E-state index is 0.206. The summed E-state index contributed by atoms with van der Waals surface area (Å²) >= 11 is 2.02. The maximum Gasteiger partial charge on any atom is 0.320 e. The van der Waals surface area contributed by atoms with E-state index in [0.717, 1.165) is 24.5 Å². The van der Waals surface area contributed by atoms with Crippen molar-refractivity contribution in [1.82, 2.24) is 4.90 Å². The number of hydrogen-bond acceptors (Lipinski definition) is 3. The van der Waals surface area contributed by atoms with Gasteiger partial charge in [-0.3, -0.25) is 9.69 Å². The zero-order valence-corrected chi connectivity index (χ0v) is 12.4. The fourth-order valence-electron chi connectivity index (χ4n) is 4.40. The van der Waals surface area contributed by atoms with Crippen molar-refractivity contribution < 1.29 is 9.90 Å². The van der Waals surface area contributed by atoms with Gasteiger partial charge in [0.1, 0.15) is 6.04 Å². The largest absolute Gasteiger partial charge is 0.480 e. The lowest BCUT2D eigenvalue weighted by Crippen LogP contribution is -2.59. The molecule has 4 unspecified atom stereocenters. The van der Waals surface area contributed by atoms with Gasteiger partial charge in [0.25, 0.3) is 0 Å². The molecular weight excluding hydrogens is 258 g/mol. The molecule has 0 amide bonds. The highest BCUT2D eigenvalue weighted by atomic mass is 32.2. The molecule has 108 valence electrons. The highest BCUT2D eigenvalue weighted by molar-refractivity contribution is 7.99. The quantitative estimate of drug-likeness (QED) is 0.846. The van der Waals surface area contributed by atoms with E-state index in [1.54, 1.807) is 0 Å². The van der Waals surface area contributed by atoms with E-state index in [2.05, 4.69) is 4.90 Å². The first kappa shape index (κ1) is 13.7. The molecule has 0 spiro atoms. The van der Waals surface area contributed by atoms with Gasteiger partial charge in [0, 0.05) is 17.8 Å². The fraction of sp³-hybridized carbons (Fsp3) is 0.933. The predicted molar refractivity (Wildman–Crippen MR) is 78.6 cm³/mol. The van der Waals surface area contributed by atoms with Crippen molar-refractivity contribution in [2.24, 2.45) is 5.92 Å². The summed E-state index contributed by atoms with van der Waals surface area (Å²) in [7, 11) is 0. The Hall–Kier alpha value is -0.220. The minimum atomic E-state index is -0.584. The van der Waals surface area contributed by atoms with Crippen LogP contribution in [0.5, 0.6) is 0 Å². The van der Waals surface area contributed by atoms with Gasteiger partial charge in [-0.15, -0.1) is 0 Å². The molecule has 2 aliphatic heterocycles. The molecule has 3 aliphatic rings. The van der Waals surface area contributed by atoms with E-state index >= 15 is 0 Å². The number of nitrogens with zero attached hydrogens (tertiary/aromatic N) is 1. The summed E-state index contributed by atoms with van der Waals surface area (Å²) in [5.74, 6) is 2.60. The maximum absolute atomic E-state index is 11.6. The van der Waals surface area contributed by atoms with Gasteiger partial charge >= 0.3 is 5.97 Å². The Morgan fingerprint density at radius 3 is 2.63 bits per heavy atom. The number of hydrogen-bond donors (Lipinski definition) is 1. The van der Waals surface area contributed by atoms with Gasteiger partial charge in [0.2, 0.25) is 0 Å². The zero-order valence-electron chi connectivity index (χ0n) is 11.6. The maximum atomic E-state index is 11.6. The average molecular weight is 283 g/mol. The Morgan fingerprint density at radius 2 is 1.89 bits per heavy atom. The second-order valence-electron chi connectivity index (χ2n) is 6.36. The summed E-state index contributed by atoms with van der Waals surface area (Å²) in [5, 5.41) is 9.58. The van der Waals surface area contributed by atoms with Crippen molar-refractivity contribution in [3.8, 4) is 0 Å². The van der Waals surface area contributed by atoms with Crippen LogP contribution in [0.4, 0.5) is 0 Å². The Morgan fingerprint density at radius 1 is 1.05 bits per heavy atom. The average Bonchev–Trinajstić information content (AvgIpc) is 2.46. The number of likely N-dealkylation sites (tertiary alicyclic amines) is 1. The van der Waals surface area contributed by atoms with Crippen LogP contribution < -0.4 is 0 Å². The van der Waals surface area contributed by atoms with Gasteiger partial charge in [0.15, 0.2) is 0 Å². The molecule has 0 radical (unpaired) electrons. The molecule has 0 aromatic heterocycles. The number of aliphatic carboxylic acids is 1. The van der Waals surface area contributed by atoms with Gasteiger partial charge in [-0.1, -0.05) is 12.8 Å². The van der Waals surface area contributed by atoms with Crippen molar-refractivity contribution >= 4 is 17.7 Å². The van der Waals surface area contributed by atoms with E-state index in [9.17, 15) is 9.90 Å². The van der Waals surface area contributed by atoms with Crippen molar-refractivity contribution in [3.05, 3.63) is 0 Å². The third-order valence-electron chi connectivity index (χ3n) is 5.27. The lowest BCUT2D eigenvalue weighted by atomic mass is 9.75. The first-order valence-electron chi connectivity index (χ1n) is 7.85. The summed E-state index contributed by atoms with van der Waals surface area (Å²) in [6.07, 6.45) is 9.68. The van der Waals surface area contributed by atoms with Crippen LogP contribution in [0, 0.1) is 5.92 Å². The number of carbonyl (C=O) groups is 1. The molecule has 2 saturated heterocycles. The van der Waals surface area contributed by atoms with E-state index in [-0.39, 0.29) is 6.04 Å². The Balaban J connectivity index is 1.80. The Kier molecular flexibility index (Phi) is 4.37. The molecule has 3 fully saturated rings. The molecule has 1 N–H and O–H groups in total. The van der Waals surface area contributed by atoms with Gasteiger partial charge < -0.3 is 5.11 Å². The molecule has 0 aromatic carbocycles. The van der Waals surface area contributed by atoms with Crippen LogP contribution in [0.1, 0.15) is 51.4 Å². The smallest absolute Gasteiger partial charge is 0.320 e. The first-order chi connectivity index (χ1) is 9.27. The number of carboxylic acids is 1. The molecule has 0 aromatic rings. The summed E-state index contributed by atoms with van der Waals surface area (Å²) in [4.78, 5) is 14.1. The third-order valence-corrected chi connectivity index (χ3v) is 6.46. The van der Waals surface area contributed by atoms with Crippen molar-refractivity contribution in [3.63, 3.8) is 0 Å². The van der Waals surface area contributed by atoms with E-state index in [0.29, 0.717) is 12.1 Å². The van der Waals surface area contributed by atoms with E-state index in [1.165, 1.54) is 44.3 Å². The zero-order chi connectivity index (χ0) is 13.2. The van der Waals surface area contributed by atoms with Crippen LogP contribution in [0.3, 0.4) is 0 Å². The molecule has 3 nitrogen and oxygen atoms in total. The number of thioether (sulfide) groups is 1. The van der Waals surface area contributed by atoms with Gasteiger partial charge in [0.05, 0.1) is 0 Å². The van der Waals surface area contributed by atoms with E-state index in [4.69, 9.17) is 0 Å². The van der Waals surface area contributed by atoms with Crippen LogP contribution in [-0.2, 0) is 4.79 Å². The van der Waals surface area contributed by atoms with Crippen molar-refractivity contribution in [2.75, 3.05) is 11.5 Å². The summed E-state index contributed by atoms with van der Waals surface area (Å²) in [6.45, 7) is 0. The van der Waals surface area contributed by atoms with Crippen LogP contribution in [-0.4, -0.2) is 45.6 Å². The summed E-state index contributed by atoms with van der Waals surface area (Å²) < 4.78 is 0. The van der Waals surface area contributed by atoms with E-state index < -0.39 is 5.97 Å². The molecule has 1 aliphatic carbocycles. The third kappa shape index (κ3) is 2.80. The number of rotatable bonds is 2. The molecule has 19 heavy (non-hydrogen) atoms. The van der Waals surface area contributed by atoms with Crippen LogP contribution in [0.15, 0.2) is 0 Å². The second-order valence-corrected chi connectivity index (χ2v) is 7.51. The highest BCUT2D eigenvalue weighted by Gasteiger charge is 2.44. The topological polar surface area (TPSA) is 40.5 Å². The standard InChI is InChI=1S/C15H25NO2S/c17-15(18)14-8-7-11-4-1-2-6-13(11)16(14)12-5-3-9-19-10-12/h11-14H,1-10H2,(H,17,18). The highest BCUT2D eigenvalue weighted by Crippen LogP contribution is 2.40. The Bertz CT molecular complexity index is 330. The minimum Gasteiger partial charge on any atom is -0.480 e. The molecular formula is C15H25NO2S. The lowest BCUT2D eigenvalue weighted by molar-refractivity contribution is -0.150. The van der Waals surface area contributed by atoms with Crippen LogP contribution >= 0.6 is 11.8 Å². The molecule has 4 atom stereocenters.